The maximum atomic E-state index is 11.5. The number of hydrogen-bond donors (Lipinski definition) is 1. The van der Waals surface area contributed by atoms with Gasteiger partial charge in [0.05, 0.1) is 5.69 Å². The molecule has 1 aliphatic heterocycles. The van der Waals surface area contributed by atoms with Crippen molar-refractivity contribution in [3.05, 3.63) is 48.5 Å². The van der Waals surface area contributed by atoms with E-state index in [0.717, 1.165) is 11.8 Å². The van der Waals surface area contributed by atoms with Crippen LogP contribution in [0.15, 0.2) is 48.0 Å². The van der Waals surface area contributed by atoms with E-state index in [0.29, 0.717) is 54.9 Å². The Labute approximate surface area is 168 Å². The molecule has 0 aromatic carbocycles. The number of aromatic nitrogens is 4. The smallest absolute Gasteiger partial charge is 0.257 e. The Morgan fingerprint density at radius 3 is 2.72 bits per heavy atom. The molecule has 0 amide bonds. The summed E-state index contributed by atoms with van der Waals surface area (Å²) in [6.45, 7) is 1.65. The molecule has 0 unspecified atom stereocenters. The summed E-state index contributed by atoms with van der Waals surface area (Å²) in [6.07, 6.45) is 6.48. The van der Waals surface area contributed by atoms with Gasteiger partial charge in [-0.2, -0.15) is 0 Å². The van der Waals surface area contributed by atoms with E-state index in [1.54, 1.807) is 18.3 Å². The lowest BCUT2D eigenvalue weighted by molar-refractivity contribution is 0.163. The highest BCUT2D eigenvalue weighted by Gasteiger charge is 2.16. The van der Waals surface area contributed by atoms with Crippen LogP contribution in [0.2, 0.25) is 0 Å². The number of rotatable bonds is 6. The molecule has 3 aromatic rings. The summed E-state index contributed by atoms with van der Waals surface area (Å²) in [5.41, 5.74) is 2.36. The molecule has 0 radical (unpaired) electrons. The van der Waals surface area contributed by atoms with Crippen molar-refractivity contribution in [1.82, 2.24) is 19.9 Å². The normalized spacial score (nSPS) is 13.1. The quantitative estimate of drug-likeness (QED) is 0.645. The van der Waals surface area contributed by atoms with Crippen LogP contribution in [-0.4, -0.2) is 54.4 Å². The monoisotopic (exact) mass is 413 g/mol. The van der Waals surface area contributed by atoms with Crippen molar-refractivity contribution in [1.29, 1.82) is 0 Å². The average Bonchev–Trinajstić information content (AvgIpc) is 2.74. The molecular weight excluding hydrogens is 394 g/mol. The Bertz CT molecular complexity index is 1120. The number of nitrogens with one attached hydrogen (secondary N) is 1. The second kappa shape index (κ2) is 8.00. The van der Waals surface area contributed by atoms with E-state index in [1.807, 2.05) is 6.07 Å². The molecule has 0 saturated carbocycles. The topological polar surface area (TPSA) is 116 Å². The second-order valence-electron chi connectivity index (χ2n) is 6.42. The molecule has 3 aromatic heterocycles. The first-order chi connectivity index (χ1) is 14.0. The first-order valence-electron chi connectivity index (χ1n) is 8.96. The van der Waals surface area contributed by atoms with Crippen molar-refractivity contribution in [2.24, 2.45) is 0 Å². The number of fused-ring (bicyclic) bond motifs is 1. The fourth-order valence-electron chi connectivity index (χ4n) is 2.89. The molecule has 4 rings (SSSR count). The zero-order valence-electron chi connectivity index (χ0n) is 15.7. The summed E-state index contributed by atoms with van der Waals surface area (Å²) >= 11 is 0. The summed E-state index contributed by atoms with van der Waals surface area (Å²) in [5, 5.41) is 3.29. The number of sulfone groups is 1. The highest BCUT2D eigenvalue weighted by atomic mass is 32.2. The Hall–Kier alpha value is -3.27. The third kappa shape index (κ3) is 4.43. The van der Waals surface area contributed by atoms with Crippen LogP contribution in [0.1, 0.15) is 5.56 Å². The van der Waals surface area contributed by atoms with E-state index in [9.17, 15) is 8.42 Å². The van der Waals surface area contributed by atoms with Gasteiger partial charge in [0.15, 0.2) is 20.6 Å². The van der Waals surface area contributed by atoms with Gasteiger partial charge in [-0.1, -0.05) is 0 Å². The van der Waals surface area contributed by atoms with E-state index < -0.39 is 9.84 Å². The fraction of sp³-hybridized carbons (Fsp3) is 0.263. The zero-order valence-corrected chi connectivity index (χ0v) is 16.5. The van der Waals surface area contributed by atoms with Crippen LogP contribution in [0.4, 0.5) is 5.82 Å². The summed E-state index contributed by atoms with van der Waals surface area (Å²) in [5.74, 6) is 1.88. The van der Waals surface area contributed by atoms with Crippen molar-refractivity contribution >= 4 is 15.7 Å². The third-order valence-corrected chi connectivity index (χ3v) is 5.30. The lowest BCUT2D eigenvalue weighted by atomic mass is 10.1. The summed E-state index contributed by atoms with van der Waals surface area (Å²) in [4.78, 5) is 16.7. The van der Waals surface area contributed by atoms with Gasteiger partial charge in [0, 0.05) is 42.4 Å². The van der Waals surface area contributed by atoms with Crippen LogP contribution in [0.3, 0.4) is 0 Å². The number of nitrogens with zero attached hydrogens (tertiary/aromatic N) is 4. The van der Waals surface area contributed by atoms with Gasteiger partial charge in [0.1, 0.15) is 25.4 Å². The van der Waals surface area contributed by atoms with Crippen molar-refractivity contribution in [2.45, 2.75) is 11.4 Å². The number of pyridine rings is 2. The number of ether oxygens (including phenoxy) is 2. The van der Waals surface area contributed by atoms with Crippen LogP contribution in [-0.2, 0) is 16.3 Å². The predicted octanol–water partition coefficient (Wildman–Crippen LogP) is 1.76. The molecule has 0 fully saturated rings. The average molecular weight is 413 g/mol. The molecule has 0 atom stereocenters. The van der Waals surface area contributed by atoms with Crippen LogP contribution in [0.25, 0.3) is 11.3 Å². The van der Waals surface area contributed by atoms with E-state index in [-0.39, 0.29) is 5.03 Å². The SMILES string of the molecule is CS(=O)(=O)c1ccc(-c2cc(NCCc3ccnc4c3OCCO4)ncn2)cn1. The lowest BCUT2D eigenvalue weighted by Crippen LogP contribution is -2.18. The molecule has 1 N–H and O–H groups in total. The predicted molar refractivity (Wildman–Crippen MR) is 106 cm³/mol. The molecule has 4 heterocycles. The van der Waals surface area contributed by atoms with Crippen molar-refractivity contribution in [2.75, 3.05) is 31.3 Å². The lowest BCUT2D eigenvalue weighted by Gasteiger charge is -2.19. The first kappa shape index (κ1) is 19.1. The molecule has 1 aliphatic rings. The largest absolute Gasteiger partial charge is 0.484 e. The second-order valence-corrected chi connectivity index (χ2v) is 8.39. The maximum absolute atomic E-state index is 11.5. The van der Waals surface area contributed by atoms with Gasteiger partial charge in [0.25, 0.3) is 5.88 Å². The van der Waals surface area contributed by atoms with Gasteiger partial charge in [-0.25, -0.2) is 28.4 Å². The number of anilines is 1. The molecule has 10 heteroatoms. The van der Waals surface area contributed by atoms with E-state index in [2.05, 4.69) is 25.3 Å². The molecule has 0 aliphatic carbocycles. The Morgan fingerprint density at radius 1 is 1.07 bits per heavy atom. The van der Waals surface area contributed by atoms with Gasteiger partial charge >= 0.3 is 0 Å². The van der Waals surface area contributed by atoms with Gasteiger partial charge in [0.2, 0.25) is 0 Å². The molecule has 9 nitrogen and oxygen atoms in total. The van der Waals surface area contributed by atoms with Gasteiger partial charge in [-0.15, -0.1) is 0 Å². The minimum atomic E-state index is -3.33. The van der Waals surface area contributed by atoms with Gasteiger partial charge in [-0.3, -0.25) is 0 Å². The van der Waals surface area contributed by atoms with E-state index in [1.165, 1.54) is 18.6 Å². The maximum Gasteiger partial charge on any atom is 0.257 e. The summed E-state index contributed by atoms with van der Waals surface area (Å²) in [6, 6.07) is 6.85. The van der Waals surface area contributed by atoms with Crippen molar-refractivity contribution in [3.8, 4) is 22.9 Å². The molecular formula is C19H19N5O4S. The zero-order chi connectivity index (χ0) is 20.3. The van der Waals surface area contributed by atoms with Crippen LogP contribution in [0.5, 0.6) is 11.6 Å². The standard InChI is InChI=1S/C19H19N5O4S/c1-29(25,26)17-3-2-14(11-22-17)15-10-16(24-12-23-15)20-6-4-13-5-7-21-19-18(13)27-8-9-28-19/h2-3,5,7,10-12H,4,6,8-9H2,1H3,(H,20,23,24). The van der Waals surface area contributed by atoms with E-state index >= 15 is 0 Å². The van der Waals surface area contributed by atoms with Crippen LogP contribution >= 0.6 is 0 Å². The summed E-state index contributed by atoms with van der Waals surface area (Å²) in [7, 11) is -3.33. The molecule has 0 spiro atoms. The van der Waals surface area contributed by atoms with Gasteiger partial charge in [-0.05, 0) is 24.6 Å². The summed E-state index contributed by atoms with van der Waals surface area (Å²) < 4.78 is 34.3. The molecule has 29 heavy (non-hydrogen) atoms. The minimum Gasteiger partial charge on any atom is -0.484 e. The molecule has 0 bridgehead atoms. The van der Waals surface area contributed by atoms with Crippen molar-refractivity contribution in [3.63, 3.8) is 0 Å². The Balaban J connectivity index is 1.43. The van der Waals surface area contributed by atoms with E-state index in [4.69, 9.17) is 9.47 Å². The Kier molecular flexibility index (Phi) is 5.26. The number of hydrogen-bond acceptors (Lipinski definition) is 9. The minimum absolute atomic E-state index is 0.0283. The Morgan fingerprint density at radius 2 is 1.93 bits per heavy atom. The molecule has 0 saturated heterocycles. The van der Waals surface area contributed by atoms with Crippen LogP contribution < -0.4 is 14.8 Å². The van der Waals surface area contributed by atoms with Crippen molar-refractivity contribution < 1.29 is 17.9 Å². The highest BCUT2D eigenvalue weighted by molar-refractivity contribution is 7.90. The fourth-order valence-corrected chi connectivity index (χ4v) is 3.45. The highest BCUT2D eigenvalue weighted by Crippen LogP contribution is 2.31. The third-order valence-electron chi connectivity index (χ3n) is 4.30. The van der Waals surface area contributed by atoms with Crippen LogP contribution in [0, 0.1) is 0 Å². The van der Waals surface area contributed by atoms with Gasteiger partial charge < -0.3 is 14.8 Å². The molecule has 150 valence electrons. The first-order valence-corrected chi connectivity index (χ1v) is 10.9.